The summed E-state index contributed by atoms with van der Waals surface area (Å²) in [6, 6.07) is 9.66. The Morgan fingerprint density at radius 1 is 1.36 bits per heavy atom. The van der Waals surface area contributed by atoms with Gasteiger partial charge in [0.2, 0.25) is 16.9 Å². The molecule has 3 aromatic rings. The number of amides is 1. The maximum Gasteiger partial charge on any atom is 0.237 e. The summed E-state index contributed by atoms with van der Waals surface area (Å²) < 4.78 is 5.19. The highest BCUT2D eigenvalue weighted by atomic mass is 32.2. The van der Waals surface area contributed by atoms with Gasteiger partial charge in [-0.05, 0) is 19.8 Å². The summed E-state index contributed by atoms with van der Waals surface area (Å²) in [6.07, 6.45) is 2.32. The van der Waals surface area contributed by atoms with Crippen molar-refractivity contribution in [2.45, 2.75) is 30.8 Å². The van der Waals surface area contributed by atoms with Gasteiger partial charge in [-0.2, -0.15) is 0 Å². The molecule has 2 N–H and O–H groups in total. The highest BCUT2D eigenvalue weighted by molar-refractivity contribution is 7.99. The van der Waals surface area contributed by atoms with Crippen LogP contribution in [0.1, 0.15) is 30.1 Å². The maximum absolute atomic E-state index is 12.0. The zero-order chi connectivity index (χ0) is 17.2. The van der Waals surface area contributed by atoms with Gasteiger partial charge in [0.15, 0.2) is 0 Å². The van der Waals surface area contributed by atoms with Gasteiger partial charge in [-0.3, -0.25) is 15.2 Å². The van der Waals surface area contributed by atoms with E-state index in [1.807, 2.05) is 31.2 Å². The first kappa shape index (κ1) is 15.9. The molecule has 128 valence electrons. The van der Waals surface area contributed by atoms with Crippen LogP contribution in [0.3, 0.4) is 0 Å². The summed E-state index contributed by atoms with van der Waals surface area (Å²) >= 11 is 1.29. The molecule has 1 aromatic carbocycles. The smallest absolute Gasteiger partial charge is 0.237 e. The fraction of sp³-hybridized carbons (Fsp3) is 0.294. The van der Waals surface area contributed by atoms with Gasteiger partial charge in [-0.1, -0.05) is 46.7 Å². The molecule has 0 atom stereocenters. The Kier molecular flexibility index (Phi) is 4.27. The molecule has 0 saturated heterocycles. The van der Waals surface area contributed by atoms with E-state index < -0.39 is 0 Å². The molecule has 2 heterocycles. The van der Waals surface area contributed by atoms with Gasteiger partial charge in [-0.25, -0.2) is 4.98 Å². The number of nitrogens with one attached hydrogen (secondary N) is 2. The van der Waals surface area contributed by atoms with E-state index in [9.17, 15) is 4.79 Å². The Morgan fingerprint density at radius 3 is 2.92 bits per heavy atom. The van der Waals surface area contributed by atoms with E-state index >= 15 is 0 Å². The molecule has 25 heavy (non-hydrogen) atoms. The first-order valence-electron chi connectivity index (χ1n) is 8.06. The Balaban J connectivity index is 1.32. The van der Waals surface area contributed by atoms with Gasteiger partial charge in [0.05, 0.1) is 5.75 Å². The topological polar surface area (TPSA) is 96.7 Å². The highest BCUT2D eigenvalue weighted by Gasteiger charge is 2.27. The van der Waals surface area contributed by atoms with Crippen molar-refractivity contribution < 1.29 is 9.32 Å². The number of anilines is 1. The van der Waals surface area contributed by atoms with Crippen LogP contribution >= 0.6 is 11.8 Å². The Morgan fingerprint density at radius 2 is 2.16 bits per heavy atom. The van der Waals surface area contributed by atoms with Crippen molar-refractivity contribution >= 4 is 23.6 Å². The summed E-state index contributed by atoms with van der Waals surface area (Å²) in [7, 11) is 0. The number of hydrogen-bond acceptors (Lipinski definition) is 6. The van der Waals surface area contributed by atoms with Crippen molar-refractivity contribution in [3.63, 3.8) is 0 Å². The number of aromatic amines is 1. The van der Waals surface area contributed by atoms with Crippen LogP contribution in [0.4, 0.5) is 5.88 Å². The number of hydrogen-bond donors (Lipinski definition) is 2. The molecule has 4 rings (SSSR count). The van der Waals surface area contributed by atoms with Crippen molar-refractivity contribution in [1.82, 2.24) is 20.3 Å². The molecule has 8 heteroatoms. The van der Waals surface area contributed by atoms with E-state index in [0.29, 0.717) is 22.7 Å². The number of carbonyl (C=O) groups excluding carboxylic acids is 1. The molecule has 0 bridgehead atoms. The Hall–Kier alpha value is -2.61. The second-order valence-electron chi connectivity index (χ2n) is 6.06. The van der Waals surface area contributed by atoms with Crippen LogP contribution in [0.2, 0.25) is 0 Å². The number of aryl methyl sites for hydroxylation is 1. The molecule has 7 nitrogen and oxygen atoms in total. The predicted octanol–water partition coefficient (Wildman–Crippen LogP) is 3.38. The summed E-state index contributed by atoms with van der Waals surface area (Å²) in [6.45, 7) is 2.03. The van der Waals surface area contributed by atoms with E-state index in [1.165, 1.54) is 17.3 Å². The van der Waals surface area contributed by atoms with E-state index in [4.69, 9.17) is 4.52 Å². The average molecular weight is 355 g/mol. The molecule has 1 aliphatic rings. The zero-order valence-corrected chi connectivity index (χ0v) is 14.5. The quantitative estimate of drug-likeness (QED) is 0.658. The number of thioether (sulfide) groups is 1. The first-order chi connectivity index (χ1) is 12.2. The van der Waals surface area contributed by atoms with Crippen molar-refractivity contribution in [2.75, 3.05) is 11.1 Å². The zero-order valence-electron chi connectivity index (χ0n) is 13.7. The van der Waals surface area contributed by atoms with Crippen LogP contribution in [0, 0.1) is 6.92 Å². The molecule has 0 unspecified atom stereocenters. The second kappa shape index (κ2) is 6.72. The summed E-state index contributed by atoms with van der Waals surface area (Å²) in [5.74, 6) is 1.79. The fourth-order valence-electron chi connectivity index (χ4n) is 2.36. The van der Waals surface area contributed by atoms with Crippen molar-refractivity contribution in [1.29, 1.82) is 0 Å². The van der Waals surface area contributed by atoms with Crippen molar-refractivity contribution in [3.8, 4) is 11.3 Å². The van der Waals surface area contributed by atoms with Crippen molar-refractivity contribution in [3.05, 3.63) is 41.7 Å². The van der Waals surface area contributed by atoms with E-state index in [2.05, 4.69) is 25.7 Å². The molecule has 2 aromatic heterocycles. The lowest BCUT2D eigenvalue weighted by Crippen LogP contribution is -2.13. The molecule has 0 aliphatic heterocycles. The van der Waals surface area contributed by atoms with Crippen LogP contribution in [-0.4, -0.2) is 32.0 Å². The molecule has 1 aliphatic carbocycles. The second-order valence-corrected chi connectivity index (χ2v) is 7.00. The minimum atomic E-state index is -0.186. The molecule has 0 radical (unpaired) electrons. The van der Waals surface area contributed by atoms with E-state index in [-0.39, 0.29) is 11.7 Å². The molecular weight excluding hydrogens is 338 g/mol. The van der Waals surface area contributed by atoms with E-state index in [1.54, 1.807) is 6.07 Å². The van der Waals surface area contributed by atoms with Crippen LogP contribution in [0.25, 0.3) is 11.3 Å². The predicted molar refractivity (Wildman–Crippen MR) is 94.4 cm³/mol. The standard InChI is InChI=1S/C17H17N5O2S/c1-10-2-4-11(5-3-10)13-8-15(24-22-13)18-14(23)9-25-17-19-16(20-21-17)12-6-7-12/h2-5,8,12H,6-7,9H2,1H3,(H,18,23)(H,19,20,21). The van der Waals surface area contributed by atoms with Crippen LogP contribution in [-0.2, 0) is 4.79 Å². The fourth-order valence-corrected chi connectivity index (χ4v) is 2.97. The van der Waals surface area contributed by atoms with Gasteiger partial charge in [-0.15, -0.1) is 5.10 Å². The minimum absolute atomic E-state index is 0.186. The number of H-pyrrole nitrogens is 1. The molecule has 1 saturated carbocycles. The first-order valence-corrected chi connectivity index (χ1v) is 9.04. The Bertz CT molecular complexity index is 883. The lowest BCUT2D eigenvalue weighted by Gasteiger charge is -1.98. The van der Waals surface area contributed by atoms with Gasteiger partial charge >= 0.3 is 0 Å². The number of benzene rings is 1. The number of carbonyl (C=O) groups is 1. The maximum atomic E-state index is 12.0. The molecule has 1 amide bonds. The number of rotatable bonds is 6. The van der Waals surface area contributed by atoms with Gasteiger partial charge in [0, 0.05) is 17.5 Å². The molecule has 1 fully saturated rings. The van der Waals surface area contributed by atoms with E-state index in [0.717, 1.165) is 24.2 Å². The molecular formula is C17H17N5O2S. The lowest BCUT2D eigenvalue weighted by molar-refractivity contribution is -0.113. The SMILES string of the molecule is Cc1ccc(-c2cc(NC(=O)CSc3n[nH]c(C4CC4)n3)on2)cc1. The van der Waals surface area contributed by atoms with Gasteiger partial charge < -0.3 is 4.52 Å². The third kappa shape index (κ3) is 3.90. The third-order valence-electron chi connectivity index (χ3n) is 3.90. The summed E-state index contributed by atoms with van der Waals surface area (Å²) in [5, 5.41) is 14.3. The number of aromatic nitrogens is 4. The number of nitrogens with zero attached hydrogens (tertiary/aromatic N) is 3. The average Bonchev–Trinajstić information content (AvgIpc) is 3.17. The minimum Gasteiger partial charge on any atom is -0.338 e. The third-order valence-corrected chi connectivity index (χ3v) is 4.75. The highest BCUT2D eigenvalue weighted by Crippen LogP contribution is 2.38. The van der Waals surface area contributed by atoms with Crippen LogP contribution in [0.15, 0.2) is 40.0 Å². The summed E-state index contributed by atoms with van der Waals surface area (Å²) in [5.41, 5.74) is 2.80. The normalized spacial score (nSPS) is 13.8. The van der Waals surface area contributed by atoms with Crippen molar-refractivity contribution in [2.24, 2.45) is 0 Å². The molecule has 0 spiro atoms. The van der Waals surface area contributed by atoms with Gasteiger partial charge in [0.25, 0.3) is 0 Å². The van der Waals surface area contributed by atoms with Crippen LogP contribution in [0.5, 0.6) is 0 Å². The summed E-state index contributed by atoms with van der Waals surface area (Å²) in [4.78, 5) is 16.4. The largest absolute Gasteiger partial charge is 0.338 e. The lowest BCUT2D eigenvalue weighted by atomic mass is 10.1. The van der Waals surface area contributed by atoms with Gasteiger partial charge in [0.1, 0.15) is 11.5 Å². The Labute approximate surface area is 148 Å². The monoisotopic (exact) mass is 355 g/mol. The van der Waals surface area contributed by atoms with Crippen LogP contribution < -0.4 is 5.32 Å².